The zero-order chi connectivity index (χ0) is 23.7. The van der Waals surface area contributed by atoms with Crippen LogP contribution in [0, 0.1) is 11.8 Å². The Balaban J connectivity index is 1.68. The second kappa shape index (κ2) is 9.35. The molecule has 2 aromatic carbocycles. The van der Waals surface area contributed by atoms with Gasteiger partial charge in [-0.15, -0.1) is 0 Å². The summed E-state index contributed by atoms with van der Waals surface area (Å²) in [7, 11) is 4.64. The number of likely N-dealkylation sites (tertiary alicyclic amines) is 1. The van der Waals surface area contributed by atoms with Crippen LogP contribution in [0.4, 0.5) is 0 Å². The summed E-state index contributed by atoms with van der Waals surface area (Å²) in [6.07, 6.45) is 2.83. The van der Waals surface area contributed by atoms with Gasteiger partial charge in [0.1, 0.15) is 17.2 Å². The van der Waals surface area contributed by atoms with Gasteiger partial charge >= 0.3 is 0 Å². The summed E-state index contributed by atoms with van der Waals surface area (Å²) in [5.74, 6) is 3.23. The highest BCUT2D eigenvalue weighted by atomic mass is 16.5. The Bertz CT molecular complexity index is 1080. The Labute approximate surface area is 194 Å². The lowest BCUT2D eigenvalue weighted by molar-refractivity contribution is 0.101. The standard InChI is InChI=1S/C26H31NO6/c1-15-8-16(2)13-27(12-15)14-19-20(28)7-6-18-25(29)24(33-26(18)19)10-17-9-22(31-4)23(32-5)11-21(17)30-3/h6-7,9-11,15-16,28H,8,12-14H2,1-5H3/t15-,16+. The molecular formula is C26H31NO6. The number of fused-ring (bicyclic) bond motifs is 1. The molecule has 0 saturated carbocycles. The lowest BCUT2D eigenvalue weighted by atomic mass is 9.91. The molecule has 2 aliphatic rings. The highest BCUT2D eigenvalue weighted by molar-refractivity contribution is 6.15. The smallest absolute Gasteiger partial charge is 0.231 e. The van der Waals surface area contributed by atoms with Crippen molar-refractivity contribution >= 4 is 11.9 Å². The van der Waals surface area contributed by atoms with E-state index >= 15 is 0 Å². The van der Waals surface area contributed by atoms with Crippen molar-refractivity contribution in [2.45, 2.75) is 26.8 Å². The maximum atomic E-state index is 13.2. The van der Waals surface area contributed by atoms with Gasteiger partial charge in [-0.3, -0.25) is 9.69 Å². The van der Waals surface area contributed by atoms with Crippen molar-refractivity contribution in [2.75, 3.05) is 34.4 Å². The van der Waals surface area contributed by atoms with Gasteiger partial charge in [-0.1, -0.05) is 13.8 Å². The number of hydrogen-bond acceptors (Lipinski definition) is 7. The number of rotatable bonds is 6. The third-order valence-corrected chi connectivity index (χ3v) is 6.26. The number of ether oxygens (including phenoxy) is 4. The summed E-state index contributed by atoms with van der Waals surface area (Å²) in [4.78, 5) is 15.5. The van der Waals surface area contributed by atoms with E-state index < -0.39 is 0 Å². The molecule has 2 heterocycles. The number of Topliss-reactive ketones (excluding diaryl/α,β-unsaturated/α-hetero) is 1. The molecule has 1 fully saturated rings. The second-order valence-corrected chi connectivity index (χ2v) is 8.97. The summed E-state index contributed by atoms with van der Waals surface area (Å²) in [5.41, 5.74) is 1.71. The quantitative estimate of drug-likeness (QED) is 0.645. The van der Waals surface area contributed by atoms with Crippen molar-refractivity contribution in [2.24, 2.45) is 11.8 Å². The second-order valence-electron chi connectivity index (χ2n) is 8.97. The average molecular weight is 454 g/mol. The topological polar surface area (TPSA) is 77.5 Å². The monoisotopic (exact) mass is 453 g/mol. The number of phenolic OH excluding ortho intramolecular Hbond substituents is 1. The van der Waals surface area contributed by atoms with Gasteiger partial charge < -0.3 is 24.1 Å². The Hall–Kier alpha value is -3.19. The summed E-state index contributed by atoms with van der Waals surface area (Å²) in [6.45, 7) is 6.93. The molecule has 176 valence electrons. The van der Waals surface area contributed by atoms with Crippen LogP contribution in [-0.4, -0.2) is 50.2 Å². The fourth-order valence-corrected chi connectivity index (χ4v) is 4.90. The lowest BCUT2D eigenvalue weighted by Gasteiger charge is -2.35. The van der Waals surface area contributed by atoms with Crippen molar-refractivity contribution in [3.05, 3.63) is 46.7 Å². The maximum Gasteiger partial charge on any atom is 0.231 e. The van der Waals surface area contributed by atoms with Crippen molar-refractivity contribution < 1.29 is 28.8 Å². The number of methoxy groups -OCH3 is 3. The number of nitrogens with zero attached hydrogens (tertiary/aromatic N) is 1. The minimum absolute atomic E-state index is 0.136. The van der Waals surface area contributed by atoms with E-state index in [1.54, 1.807) is 51.7 Å². The number of carbonyl (C=O) groups excluding carboxylic acids is 1. The van der Waals surface area contributed by atoms with Crippen molar-refractivity contribution in [3.63, 3.8) is 0 Å². The SMILES string of the molecule is COc1cc(OC)c(OC)cc1C=C1Oc2c(ccc(O)c2CN2C[C@H](C)C[C@H](C)C2)C1=O. The molecule has 0 aromatic heterocycles. The molecule has 2 aliphatic heterocycles. The first-order valence-electron chi connectivity index (χ1n) is 11.2. The highest BCUT2D eigenvalue weighted by Gasteiger charge is 2.33. The molecule has 0 radical (unpaired) electrons. The lowest BCUT2D eigenvalue weighted by Crippen LogP contribution is -2.38. The normalized spacial score (nSPS) is 21.6. The van der Waals surface area contributed by atoms with Crippen molar-refractivity contribution in [1.29, 1.82) is 0 Å². The number of benzene rings is 2. The van der Waals surface area contributed by atoms with Gasteiger partial charge in [0.2, 0.25) is 5.78 Å². The van der Waals surface area contributed by atoms with E-state index in [-0.39, 0.29) is 17.3 Å². The molecule has 33 heavy (non-hydrogen) atoms. The largest absolute Gasteiger partial charge is 0.507 e. The molecule has 0 amide bonds. The maximum absolute atomic E-state index is 13.2. The first kappa shape index (κ1) is 23.0. The minimum atomic E-state index is -0.233. The molecule has 4 rings (SSSR count). The predicted molar refractivity (Wildman–Crippen MR) is 125 cm³/mol. The number of allylic oxidation sites excluding steroid dienone is 1. The van der Waals surface area contributed by atoms with E-state index in [1.165, 1.54) is 6.42 Å². The Morgan fingerprint density at radius 1 is 1.03 bits per heavy atom. The van der Waals surface area contributed by atoms with Gasteiger partial charge in [0.05, 0.1) is 32.5 Å². The summed E-state index contributed by atoms with van der Waals surface area (Å²) in [5, 5.41) is 10.6. The molecule has 0 unspecified atom stereocenters. The van der Waals surface area contributed by atoms with Crippen LogP contribution in [0.2, 0.25) is 0 Å². The van der Waals surface area contributed by atoms with E-state index in [4.69, 9.17) is 18.9 Å². The zero-order valence-corrected chi connectivity index (χ0v) is 19.8. The Morgan fingerprint density at radius 2 is 1.67 bits per heavy atom. The summed E-state index contributed by atoms with van der Waals surface area (Å²) in [6, 6.07) is 6.63. The third kappa shape index (κ3) is 4.50. The molecule has 7 heteroatoms. The van der Waals surface area contributed by atoms with Gasteiger partial charge in [0.25, 0.3) is 0 Å². The van der Waals surface area contributed by atoms with Crippen LogP contribution in [0.25, 0.3) is 6.08 Å². The van der Waals surface area contributed by atoms with Gasteiger partial charge in [0.15, 0.2) is 17.3 Å². The van der Waals surface area contributed by atoms with Gasteiger partial charge in [-0.25, -0.2) is 0 Å². The van der Waals surface area contributed by atoms with Crippen LogP contribution >= 0.6 is 0 Å². The van der Waals surface area contributed by atoms with E-state index in [2.05, 4.69) is 18.7 Å². The molecule has 7 nitrogen and oxygen atoms in total. The molecule has 2 atom stereocenters. The van der Waals surface area contributed by atoms with Gasteiger partial charge in [-0.2, -0.15) is 0 Å². The predicted octanol–water partition coefficient (Wildman–Crippen LogP) is 4.51. The molecular weight excluding hydrogens is 422 g/mol. The number of phenols is 1. The Kier molecular flexibility index (Phi) is 6.51. The van der Waals surface area contributed by atoms with Crippen molar-refractivity contribution in [3.8, 4) is 28.7 Å². The van der Waals surface area contributed by atoms with Crippen LogP contribution in [0.1, 0.15) is 41.8 Å². The fourth-order valence-electron chi connectivity index (χ4n) is 4.90. The van der Waals surface area contributed by atoms with E-state index in [9.17, 15) is 9.90 Å². The van der Waals surface area contributed by atoms with Crippen LogP contribution in [0.15, 0.2) is 30.0 Å². The van der Waals surface area contributed by atoms with Gasteiger partial charge in [-0.05, 0) is 42.5 Å². The zero-order valence-electron chi connectivity index (χ0n) is 19.8. The molecule has 0 bridgehead atoms. The van der Waals surface area contributed by atoms with E-state index in [0.29, 0.717) is 58.1 Å². The summed E-state index contributed by atoms with van der Waals surface area (Å²) < 4.78 is 22.3. The molecule has 1 saturated heterocycles. The highest BCUT2D eigenvalue weighted by Crippen LogP contribution is 2.42. The number of carbonyl (C=O) groups is 1. The van der Waals surface area contributed by atoms with E-state index in [1.807, 2.05) is 0 Å². The number of aromatic hydroxyl groups is 1. The van der Waals surface area contributed by atoms with Crippen LogP contribution in [0.3, 0.4) is 0 Å². The van der Waals surface area contributed by atoms with Gasteiger partial charge in [0, 0.05) is 31.3 Å². The number of hydrogen-bond donors (Lipinski definition) is 1. The Morgan fingerprint density at radius 3 is 2.30 bits per heavy atom. The summed E-state index contributed by atoms with van der Waals surface area (Å²) >= 11 is 0. The fraction of sp³-hybridized carbons (Fsp3) is 0.423. The van der Waals surface area contributed by atoms with Crippen molar-refractivity contribution in [1.82, 2.24) is 4.90 Å². The first-order chi connectivity index (χ1) is 15.8. The minimum Gasteiger partial charge on any atom is -0.507 e. The average Bonchev–Trinajstić information content (AvgIpc) is 3.10. The molecule has 2 aromatic rings. The van der Waals surface area contributed by atoms with E-state index in [0.717, 1.165) is 13.1 Å². The molecule has 0 aliphatic carbocycles. The van der Waals surface area contributed by atoms with Crippen LogP contribution in [-0.2, 0) is 6.54 Å². The molecule has 1 N–H and O–H groups in total. The molecule has 0 spiro atoms. The van der Waals surface area contributed by atoms with Crippen LogP contribution in [0.5, 0.6) is 28.7 Å². The number of ketones is 1. The first-order valence-corrected chi connectivity index (χ1v) is 11.2. The number of piperidine rings is 1. The van der Waals surface area contributed by atoms with Crippen LogP contribution < -0.4 is 18.9 Å². The third-order valence-electron chi connectivity index (χ3n) is 6.26.